The van der Waals surface area contributed by atoms with Gasteiger partial charge in [-0.05, 0) is 67.6 Å². The highest BCUT2D eigenvalue weighted by atomic mass is 16.2. The molecule has 178 valence electrons. The van der Waals surface area contributed by atoms with Crippen LogP contribution in [-0.4, -0.2) is 57.4 Å². The summed E-state index contributed by atoms with van der Waals surface area (Å²) >= 11 is 0. The van der Waals surface area contributed by atoms with Gasteiger partial charge in [-0.2, -0.15) is 5.10 Å². The first-order valence-electron chi connectivity index (χ1n) is 13.1. The van der Waals surface area contributed by atoms with E-state index in [1.54, 1.807) is 6.20 Å². The zero-order valence-electron chi connectivity index (χ0n) is 20.0. The number of piperidine rings is 2. The lowest BCUT2D eigenvalue weighted by Gasteiger charge is -2.32. The number of pyridine rings is 1. The third kappa shape index (κ3) is 4.95. The molecule has 0 unspecified atom stereocenters. The molecule has 33 heavy (non-hydrogen) atoms. The maximum atomic E-state index is 13.2. The Balaban J connectivity index is 1.21. The lowest BCUT2D eigenvalue weighted by atomic mass is 9.89. The monoisotopic (exact) mass is 450 g/mol. The number of hydrogen-bond acceptors (Lipinski definition) is 3. The van der Waals surface area contributed by atoms with Gasteiger partial charge in [0.15, 0.2) is 0 Å². The van der Waals surface area contributed by atoms with Crippen molar-refractivity contribution in [1.82, 2.24) is 19.4 Å². The highest BCUT2D eigenvalue weighted by Gasteiger charge is 2.27. The molecular formula is C27H38N4O2. The van der Waals surface area contributed by atoms with E-state index in [1.165, 1.54) is 31.2 Å². The standard InChI is InChI=1S/C27H38N4O2/c1-20-8-13-30(14-9-20)27(33)24-19-28-31-17-12-23(18-25(24)31)22-10-15-29(16-11-22)26(32)7-6-21-4-2-3-5-21/h12,17-22H,2-11,13-16H2,1H3. The number of carbonyl (C=O) groups is 2. The number of nitrogens with zero attached hydrogens (tertiary/aromatic N) is 4. The third-order valence-electron chi connectivity index (χ3n) is 8.41. The lowest BCUT2D eigenvalue weighted by molar-refractivity contribution is -0.132. The van der Waals surface area contributed by atoms with Gasteiger partial charge in [0.1, 0.15) is 0 Å². The van der Waals surface area contributed by atoms with Gasteiger partial charge in [-0.25, -0.2) is 4.52 Å². The first-order chi connectivity index (χ1) is 16.1. The summed E-state index contributed by atoms with van der Waals surface area (Å²) in [7, 11) is 0. The summed E-state index contributed by atoms with van der Waals surface area (Å²) in [6, 6.07) is 4.30. The van der Waals surface area contributed by atoms with Crippen LogP contribution in [0.25, 0.3) is 5.52 Å². The summed E-state index contributed by atoms with van der Waals surface area (Å²) in [6.45, 7) is 5.62. The van der Waals surface area contributed by atoms with Crippen LogP contribution in [0, 0.1) is 11.8 Å². The minimum Gasteiger partial charge on any atom is -0.343 e. The molecule has 5 rings (SSSR count). The summed E-state index contributed by atoms with van der Waals surface area (Å²) in [5.74, 6) is 2.36. The predicted molar refractivity (Wildman–Crippen MR) is 129 cm³/mol. The molecule has 0 atom stereocenters. The number of carbonyl (C=O) groups excluding carboxylic acids is 2. The number of fused-ring (bicyclic) bond motifs is 1. The van der Waals surface area contributed by atoms with Crippen LogP contribution in [0.2, 0.25) is 0 Å². The van der Waals surface area contributed by atoms with Crippen LogP contribution in [0.5, 0.6) is 0 Å². The third-order valence-corrected chi connectivity index (χ3v) is 8.41. The van der Waals surface area contributed by atoms with E-state index in [9.17, 15) is 9.59 Å². The number of amides is 2. The molecule has 6 nitrogen and oxygen atoms in total. The molecule has 0 radical (unpaired) electrons. The number of aromatic nitrogens is 2. The Morgan fingerprint density at radius 2 is 1.67 bits per heavy atom. The van der Waals surface area contributed by atoms with E-state index in [1.807, 2.05) is 15.6 Å². The molecule has 2 aromatic rings. The Morgan fingerprint density at radius 3 is 2.39 bits per heavy atom. The van der Waals surface area contributed by atoms with Gasteiger partial charge >= 0.3 is 0 Å². The van der Waals surface area contributed by atoms with Crippen LogP contribution in [0.1, 0.15) is 93.0 Å². The van der Waals surface area contributed by atoms with E-state index in [4.69, 9.17) is 0 Å². The van der Waals surface area contributed by atoms with E-state index >= 15 is 0 Å². The van der Waals surface area contributed by atoms with Crippen molar-refractivity contribution >= 4 is 17.3 Å². The van der Waals surface area contributed by atoms with E-state index in [-0.39, 0.29) is 5.91 Å². The van der Waals surface area contributed by atoms with Crippen molar-refractivity contribution in [2.75, 3.05) is 26.2 Å². The van der Waals surface area contributed by atoms with Gasteiger partial charge in [0.25, 0.3) is 5.91 Å². The van der Waals surface area contributed by atoms with Crippen molar-refractivity contribution in [1.29, 1.82) is 0 Å². The Morgan fingerprint density at radius 1 is 0.970 bits per heavy atom. The van der Waals surface area contributed by atoms with Crippen LogP contribution in [0.15, 0.2) is 24.5 Å². The van der Waals surface area contributed by atoms with Crippen molar-refractivity contribution in [2.24, 2.45) is 11.8 Å². The molecule has 3 aliphatic rings. The first-order valence-corrected chi connectivity index (χ1v) is 13.1. The second-order valence-corrected chi connectivity index (χ2v) is 10.7. The molecule has 0 N–H and O–H groups in total. The number of hydrogen-bond donors (Lipinski definition) is 0. The Kier molecular flexibility index (Phi) is 6.70. The quantitative estimate of drug-likeness (QED) is 0.652. The maximum absolute atomic E-state index is 13.2. The number of rotatable bonds is 5. The maximum Gasteiger partial charge on any atom is 0.257 e. The van der Waals surface area contributed by atoms with Gasteiger partial charge in [-0.1, -0.05) is 32.6 Å². The summed E-state index contributed by atoms with van der Waals surface area (Å²) < 4.78 is 1.82. The van der Waals surface area contributed by atoms with Crippen molar-refractivity contribution in [3.05, 3.63) is 35.7 Å². The van der Waals surface area contributed by atoms with E-state index < -0.39 is 0 Å². The Labute approximate surface area is 197 Å². The van der Waals surface area contributed by atoms with E-state index in [2.05, 4.69) is 29.1 Å². The molecule has 2 aromatic heterocycles. The molecule has 0 spiro atoms. The molecule has 4 heterocycles. The van der Waals surface area contributed by atoms with Crippen molar-refractivity contribution in [3.8, 4) is 0 Å². The molecule has 0 bridgehead atoms. The van der Waals surface area contributed by atoms with Gasteiger partial charge in [0.2, 0.25) is 5.91 Å². The van der Waals surface area contributed by atoms with Crippen LogP contribution in [0.3, 0.4) is 0 Å². The highest BCUT2D eigenvalue weighted by Crippen LogP contribution is 2.32. The molecule has 6 heteroatoms. The molecule has 2 amide bonds. The smallest absolute Gasteiger partial charge is 0.257 e. The van der Waals surface area contributed by atoms with E-state index in [0.29, 0.717) is 23.3 Å². The largest absolute Gasteiger partial charge is 0.343 e. The molecule has 2 aliphatic heterocycles. The molecule has 2 saturated heterocycles. The average molecular weight is 451 g/mol. The Bertz CT molecular complexity index is 977. The molecular weight excluding hydrogens is 412 g/mol. The molecule has 1 saturated carbocycles. The SMILES string of the molecule is CC1CCN(C(=O)c2cnn3ccc(C4CCN(C(=O)CCC5CCCC5)CC4)cc23)CC1. The summed E-state index contributed by atoms with van der Waals surface area (Å²) in [5, 5.41) is 4.44. The van der Waals surface area contributed by atoms with Crippen LogP contribution in [-0.2, 0) is 4.79 Å². The second-order valence-electron chi connectivity index (χ2n) is 10.7. The second kappa shape index (κ2) is 9.86. The van der Waals surface area contributed by atoms with Gasteiger partial charge in [-0.15, -0.1) is 0 Å². The zero-order valence-corrected chi connectivity index (χ0v) is 20.0. The Hall–Kier alpha value is -2.37. The van der Waals surface area contributed by atoms with Crippen molar-refractivity contribution < 1.29 is 9.59 Å². The van der Waals surface area contributed by atoms with E-state index in [0.717, 1.165) is 76.1 Å². The topological polar surface area (TPSA) is 57.9 Å². The lowest BCUT2D eigenvalue weighted by Crippen LogP contribution is -2.38. The molecule has 1 aliphatic carbocycles. The van der Waals surface area contributed by atoms with Crippen molar-refractivity contribution in [2.45, 2.75) is 77.0 Å². The van der Waals surface area contributed by atoms with Gasteiger partial charge < -0.3 is 9.80 Å². The van der Waals surface area contributed by atoms with Gasteiger partial charge in [-0.3, -0.25) is 9.59 Å². The summed E-state index contributed by atoms with van der Waals surface area (Å²) in [6.07, 6.45) is 15.0. The fourth-order valence-electron chi connectivity index (χ4n) is 6.04. The molecule has 0 aromatic carbocycles. The minimum atomic E-state index is 0.108. The number of likely N-dealkylation sites (tertiary alicyclic amines) is 2. The van der Waals surface area contributed by atoms with Gasteiger partial charge in [0.05, 0.1) is 17.3 Å². The van der Waals surface area contributed by atoms with Gasteiger partial charge in [0, 0.05) is 38.8 Å². The fourth-order valence-corrected chi connectivity index (χ4v) is 6.04. The van der Waals surface area contributed by atoms with Crippen LogP contribution < -0.4 is 0 Å². The average Bonchev–Trinajstić information content (AvgIpc) is 3.52. The van der Waals surface area contributed by atoms with Crippen LogP contribution in [0.4, 0.5) is 0 Å². The minimum absolute atomic E-state index is 0.108. The fraction of sp³-hybridized carbons (Fsp3) is 0.667. The first kappa shape index (κ1) is 22.4. The predicted octanol–water partition coefficient (Wildman–Crippen LogP) is 4.88. The highest BCUT2D eigenvalue weighted by molar-refractivity contribution is 6.00. The zero-order chi connectivity index (χ0) is 22.8. The summed E-state index contributed by atoms with van der Waals surface area (Å²) in [4.78, 5) is 29.9. The molecule has 3 fully saturated rings. The van der Waals surface area contributed by atoms with Crippen molar-refractivity contribution in [3.63, 3.8) is 0 Å². The summed E-state index contributed by atoms with van der Waals surface area (Å²) in [5.41, 5.74) is 2.89. The van der Waals surface area contributed by atoms with Crippen LogP contribution >= 0.6 is 0 Å². The normalized spacial score (nSPS) is 21.2.